The van der Waals surface area contributed by atoms with Gasteiger partial charge in [-0.2, -0.15) is 0 Å². The number of rotatable bonds is 1. The van der Waals surface area contributed by atoms with Gasteiger partial charge in [-0.25, -0.2) is 4.39 Å². The summed E-state index contributed by atoms with van der Waals surface area (Å²) >= 11 is 5.72. The molecule has 1 N–H and O–H groups in total. The highest BCUT2D eigenvalue weighted by atomic mass is 32.1. The van der Waals surface area contributed by atoms with Crippen molar-refractivity contribution in [2.45, 2.75) is 46.6 Å². The minimum Gasteiger partial charge on any atom is -0.332 e. The van der Waals surface area contributed by atoms with Gasteiger partial charge in [0.25, 0.3) is 0 Å². The molecule has 1 heterocycles. The van der Waals surface area contributed by atoms with E-state index in [0.29, 0.717) is 5.11 Å². The summed E-state index contributed by atoms with van der Waals surface area (Å²) in [6, 6.07) is 9.56. The highest BCUT2D eigenvalue weighted by Crippen LogP contribution is 2.32. The molecule has 24 heavy (non-hydrogen) atoms. The number of hydrogen-bond acceptors (Lipinski definition) is 1. The molecule has 0 aromatic heterocycles. The molecule has 0 amide bonds. The van der Waals surface area contributed by atoms with E-state index in [1.54, 1.807) is 6.07 Å². The van der Waals surface area contributed by atoms with Crippen LogP contribution in [0.15, 0.2) is 30.3 Å². The van der Waals surface area contributed by atoms with Gasteiger partial charge in [0, 0.05) is 17.4 Å². The Balaban J connectivity index is 1.93. The summed E-state index contributed by atoms with van der Waals surface area (Å²) in [4.78, 5) is 2.12. The number of nitrogens with one attached hydrogen (secondary N) is 1. The van der Waals surface area contributed by atoms with E-state index in [1.807, 2.05) is 6.07 Å². The zero-order valence-electron chi connectivity index (χ0n) is 14.6. The van der Waals surface area contributed by atoms with E-state index in [2.05, 4.69) is 50.0 Å². The normalized spacial score (nSPS) is 16.7. The molecule has 2 aromatic rings. The van der Waals surface area contributed by atoms with Gasteiger partial charge in [-0.3, -0.25) is 0 Å². The number of hydrogen-bond donors (Lipinski definition) is 1. The van der Waals surface area contributed by atoms with Crippen LogP contribution in [-0.4, -0.2) is 11.2 Å². The van der Waals surface area contributed by atoms with E-state index in [9.17, 15) is 4.39 Å². The van der Waals surface area contributed by atoms with Gasteiger partial charge in [0.1, 0.15) is 5.82 Å². The molecule has 0 unspecified atom stereocenters. The topological polar surface area (TPSA) is 15.3 Å². The van der Waals surface area contributed by atoms with Crippen LogP contribution in [0.1, 0.15) is 35.6 Å². The second kappa shape index (κ2) is 6.52. The van der Waals surface area contributed by atoms with Gasteiger partial charge < -0.3 is 10.2 Å². The Kier molecular flexibility index (Phi) is 4.59. The number of aryl methyl sites for hydroxylation is 4. The Labute approximate surface area is 148 Å². The van der Waals surface area contributed by atoms with Crippen molar-refractivity contribution in [3.05, 3.63) is 58.4 Å². The fraction of sp³-hybridized carbons (Fsp3) is 0.350. The summed E-state index contributed by atoms with van der Waals surface area (Å²) in [5.74, 6) is -0.188. The van der Waals surface area contributed by atoms with Crippen LogP contribution in [0.2, 0.25) is 0 Å². The SMILES string of the molecule is Cc1cc(C)c(NC(=S)N2c3ccc(F)cc3CC[C@H]2C)c(C)c1. The average Bonchev–Trinajstić information content (AvgIpc) is 2.50. The van der Waals surface area contributed by atoms with Crippen LogP contribution in [0.3, 0.4) is 0 Å². The van der Waals surface area contributed by atoms with Crippen LogP contribution in [-0.2, 0) is 6.42 Å². The van der Waals surface area contributed by atoms with E-state index in [4.69, 9.17) is 12.2 Å². The van der Waals surface area contributed by atoms with Crippen LogP contribution in [0.5, 0.6) is 0 Å². The highest BCUT2D eigenvalue weighted by molar-refractivity contribution is 7.80. The first-order chi connectivity index (χ1) is 11.4. The largest absolute Gasteiger partial charge is 0.332 e. The van der Waals surface area contributed by atoms with Crippen LogP contribution in [0.4, 0.5) is 15.8 Å². The summed E-state index contributed by atoms with van der Waals surface area (Å²) in [5, 5.41) is 4.10. The number of nitrogens with zero attached hydrogens (tertiary/aromatic N) is 1. The molecule has 1 aliphatic rings. The lowest BCUT2D eigenvalue weighted by atomic mass is 9.97. The maximum atomic E-state index is 13.5. The maximum Gasteiger partial charge on any atom is 0.178 e. The van der Waals surface area contributed by atoms with Gasteiger partial charge in [0.05, 0.1) is 0 Å². The molecule has 0 spiro atoms. The summed E-state index contributed by atoms with van der Waals surface area (Å²) in [5.41, 5.74) is 6.70. The average molecular weight is 342 g/mol. The molecule has 2 nitrogen and oxygen atoms in total. The fourth-order valence-electron chi connectivity index (χ4n) is 3.57. The Morgan fingerprint density at radius 3 is 2.50 bits per heavy atom. The quantitative estimate of drug-likeness (QED) is 0.709. The van der Waals surface area contributed by atoms with Gasteiger partial charge in [-0.15, -0.1) is 0 Å². The Hall–Kier alpha value is -1.94. The van der Waals surface area contributed by atoms with Crippen molar-refractivity contribution in [2.75, 3.05) is 10.2 Å². The first kappa shape index (κ1) is 16.9. The molecule has 4 heteroatoms. The van der Waals surface area contributed by atoms with Crippen molar-refractivity contribution in [1.29, 1.82) is 0 Å². The number of anilines is 2. The minimum absolute atomic E-state index is 0.188. The lowest BCUT2D eigenvalue weighted by Gasteiger charge is -2.37. The molecule has 126 valence electrons. The number of benzene rings is 2. The van der Waals surface area contributed by atoms with Crippen LogP contribution in [0, 0.1) is 26.6 Å². The maximum absolute atomic E-state index is 13.5. The van der Waals surface area contributed by atoms with Crippen molar-refractivity contribution in [2.24, 2.45) is 0 Å². The smallest absolute Gasteiger partial charge is 0.178 e. The summed E-state index contributed by atoms with van der Waals surface area (Å²) < 4.78 is 13.5. The third-order valence-electron chi connectivity index (χ3n) is 4.70. The Bertz CT molecular complexity index is 777. The van der Waals surface area contributed by atoms with E-state index in [-0.39, 0.29) is 11.9 Å². The number of halogens is 1. The third-order valence-corrected chi connectivity index (χ3v) is 5.00. The molecule has 0 fully saturated rings. The molecule has 2 aromatic carbocycles. The Morgan fingerprint density at radius 2 is 1.83 bits per heavy atom. The predicted molar refractivity (Wildman–Crippen MR) is 104 cm³/mol. The predicted octanol–water partition coefficient (Wildman–Crippen LogP) is 5.29. The van der Waals surface area contributed by atoms with E-state index in [0.717, 1.165) is 29.8 Å². The van der Waals surface area contributed by atoms with E-state index in [1.165, 1.54) is 22.8 Å². The molecule has 0 bridgehead atoms. The fourth-order valence-corrected chi connectivity index (χ4v) is 3.95. The molecule has 0 aliphatic carbocycles. The highest BCUT2D eigenvalue weighted by Gasteiger charge is 2.26. The third kappa shape index (κ3) is 3.16. The first-order valence-corrected chi connectivity index (χ1v) is 8.74. The number of thiocarbonyl (C=S) groups is 1. The van der Waals surface area contributed by atoms with E-state index >= 15 is 0 Å². The molecule has 0 radical (unpaired) electrons. The minimum atomic E-state index is -0.188. The number of fused-ring (bicyclic) bond motifs is 1. The molecule has 0 saturated heterocycles. The zero-order chi connectivity index (χ0) is 17.4. The zero-order valence-corrected chi connectivity index (χ0v) is 15.4. The van der Waals surface area contributed by atoms with Crippen LogP contribution in [0.25, 0.3) is 0 Å². The van der Waals surface area contributed by atoms with Gasteiger partial charge in [-0.1, -0.05) is 17.7 Å². The van der Waals surface area contributed by atoms with Crippen molar-refractivity contribution in [3.63, 3.8) is 0 Å². The van der Waals surface area contributed by atoms with Gasteiger partial charge >= 0.3 is 0 Å². The van der Waals surface area contributed by atoms with Crippen molar-refractivity contribution in [1.82, 2.24) is 0 Å². The second-order valence-corrected chi connectivity index (χ2v) is 7.12. The van der Waals surface area contributed by atoms with Crippen molar-refractivity contribution in [3.8, 4) is 0 Å². The van der Waals surface area contributed by atoms with E-state index < -0.39 is 0 Å². The molecule has 0 saturated carbocycles. The lowest BCUT2D eigenvalue weighted by molar-refractivity contribution is 0.604. The lowest BCUT2D eigenvalue weighted by Crippen LogP contribution is -2.44. The second-order valence-electron chi connectivity index (χ2n) is 6.73. The van der Waals surface area contributed by atoms with Gasteiger partial charge in [-0.05, 0) is 87.6 Å². The summed E-state index contributed by atoms with van der Waals surface area (Å²) in [6.07, 6.45) is 1.85. The van der Waals surface area contributed by atoms with Crippen molar-refractivity contribution >= 4 is 28.7 Å². The van der Waals surface area contributed by atoms with Crippen LogP contribution < -0.4 is 10.2 Å². The summed E-state index contributed by atoms with van der Waals surface area (Å²) in [6.45, 7) is 8.44. The van der Waals surface area contributed by atoms with Gasteiger partial charge in [0.15, 0.2) is 5.11 Å². The molecular weight excluding hydrogens is 319 g/mol. The molecule has 3 rings (SSSR count). The summed E-state index contributed by atoms with van der Waals surface area (Å²) in [7, 11) is 0. The monoisotopic (exact) mass is 342 g/mol. The van der Waals surface area contributed by atoms with Gasteiger partial charge in [0.2, 0.25) is 0 Å². The molecule has 1 aliphatic heterocycles. The first-order valence-electron chi connectivity index (χ1n) is 8.33. The Morgan fingerprint density at radius 1 is 1.17 bits per heavy atom. The van der Waals surface area contributed by atoms with Crippen LogP contribution >= 0.6 is 12.2 Å². The van der Waals surface area contributed by atoms with Crippen molar-refractivity contribution < 1.29 is 4.39 Å². The standard InChI is InChI=1S/C20H23FN2S/c1-12-9-13(2)19(14(3)10-12)22-20(24)23-15(4)5-6-16-11-17(21)7-8-18(16)23/h7-11,15H,5-6H2,1-4H3,(H,22,24)/t15-/m1/s1. The molecule has 1 atom stereocenters. The molecular formula is C20H23FN2S.